The average molecular weight is 282 g/mol. The van der Waals surface area contributed by atoms with Crippen molar-refractivity contribution in [2.75, 3.05) is 11.9 Å². The maximum absolute atomic E-state index is 12.3. The topological polar surface area (TPSA) is 68.3 Å². The van der Waals surface area contributed by atoms with Crippen molar-refractivity contribution in [3.05, 3.63) is 52.5 Å². The maximum Gasteiger partial charge on any atom is 0.259 e. The summed E-state index contributed by atoms with van der Waals surface area (Å²) < 4.78 is 5.39. The molecule has 0 fully saturated rings. The molecule has 1 heterocycles. The molecule has 1 aromatic heterocycles. The van der Waals surface area contributed by atoms with Crippen LogP contribution in [0.4, 0.5) is 5.69 Å². The molecule has 21 heavy (non-hydrogen) atoms. The van der Waals surface area contributed by atoms with Crippen molar-refractivity contribution in [1.29, 1.82) is 0 Å². The quantitative estimate of drug-likeness (QED) is 0.832. The summed E-state index contributed by atoms with van der Waals surface area (Å²) in [5.74, 6) is 6.88. The third kappa shape index (κ3) is 3.53. The summed E-state index contributed by atoms with van der Waals surface area (Å²) in [5, 5.41) is 2.89. The van der Waals surface area contributed by atoms with E-state index in [4.69, 9.17) is 10.2 Å². The number of anilines is 1. The minimum atomic E-state index is -0.203. The highest BCUT2D eigenvalue weighted by atomic mass is 16.3. The Kier molecular flexibility index (Phi) is 4.46. The van der Waals surface area contributed by atoms with Crippen LogP contribution in [-0.4, -0.2) is 12.5 Å². The zero-order chi connectivity index (χ0) is 15.4. The van der Waals surface area contributed by atoms with Crippen LogP contribution in [0.5, 0.6) is 0 Å². The molecule has 0 spiro atoms. The minimum Gasteiger partial charge on any atom is -0.466 e. The van der Waals surface area contributed by atoms with E-state index < -0.39 is 0 Å². The second-order valence-corrected chi connectivity index (χ2v) is 4.84. The lowest BCUT2D eigenvalue weighted by atomic mass is 10.1. The van der Waals surface area contributed by atoms with E-state index in [1.807, 2.05) is 32.0 Å². The van der Waals surface area contributed by atoms with Gasteiger partial charge >= 0.3 is 0 Å². The smallest absolute Gasteiger partial charge is 0.259 e. The summed E-state index contributed by atoms with van der Waals surface area (Å²) in [5.41, 5.74) is 8.40. The molecule has 0 aliphatic carbocycles. The summed E-state index contributed by atoms with van der Waals surface area (Å²) in [6.45, 7) is 5.83. The highest BCUT2D eigenvalue weighted by Crippen LogP contribution is 2.20. The normalized spacial score (nSPS) is 9.90. The number of carbonyl (C=O) groups excluding carboxylic acids is 1. The number of hydrogen-bond acceptors (Lipinski definition) is 3. The lowest BCUT2D eigenvalue weighted by Crippen LogP contribution is -2.13. The molecule has 4 heteroatoms. The molecule has 2 rings (SSSR count). The average Bonchev–Trinajstić information content (AvgIpc) is 2.77. The number of amides is 1. The zero-order valence-corrected chi connectivity index (χ0v) is 12.4. The van der Waals surface area contributed by atoms with Gasteiger partial charge in [0.25, 0.3) is 5.91 Å². The summed E-state index contributed by atoms with van der Waals surface area (Å²) in [7, 11) is 0. The Bertz CT molecular complexity index is 733. The van der Waals surface area contributed by atoms with Crippen molar-refractivity contribution in [2.45, 2.75) is 20.8 Å². The molecule has 0 radical (unpaired) electrons. The predicted molar refractivity (Wildman–Crippen MR) is 83.2 cm³/mol. The molecule has 0 aliphatic rings. The van der Waals surface area contributed by atoms with Crippen LogP contribution in [0.15, 0.2) is 28.7 Å². The number of benzene rings is 1. The van der Waals surface area contributed by atoms with Crippen molar-refractivity contribution < 1.29 is 9.21 Å². The highest BCUT2D eigenvalue weighted by molar-refractivity contribution is 6.05. The first kappa shape index (κ1) is 14.9. The van der Waals surface area contributed by atoms with Gasteiger partial charge in [-0.15, -0.1) is 0 Å². The molecule has 4 nitrogen and oxygen atoms in total. The van der Waals surface area contributed by atoms with Crippen LogP contribution in [0.25, 0.3) is 0 Å². The van der Waals surface area contributed by atoms with Gasteiger partial charge in [0, 0.05) is 5.56 Å². The third-order valence-corrected chi connectivity index (χ3v) is 3.03. The second-order valence-electron chi connectivity index (χ2n) is 4.84. The third-order valence-electron chi connectivity index (χ3n) is 3.03. The van der Waals surface area contributed by atoms with Gasteiger partial charge in [-0.3, -0.25) is 4.79 Å². The number of furan rings is 1. The molecule has 0 aliphatic heterocycles. The van der Waals surface area contributed by atoms with E-state index in [0.717, 1.165) is 11.1 Å². The van der Waals surface area contributed by atoms with Crippen molar-refractivity contribution in [2.24, 2.45) is 5.73 Å². The first-order valence-corrected chi connectivity index (χ1v) is 6.69. The molecule has 0 saturated carbocycles. The van der Waals surface area contributed by atoms with Gasteiger partial charge in [0.2, 0.25) is 0 Å². The Morgan fingerprint density at radius 3 is 2.67 bits per heavy atom. The van der Waals surface area contributed by atoms with Crippen molar-refractivity contribution in [3.8, 4) is 11.8 Å². The summed E-state index contributed by atoms with van der Waals surface area (Å²) in [6, 6.07) is 7.44. The number of rotatable bonds is 2. The molecule has 0 unspecified atom stereocenters. The van der Waals surface area contributed by atoms with Crippen molar-refractivity contribution in [3.63, 3.8) is 0 Å². The van der Waals surface area contributed by atoms with Gasteiger partial charge in [0.05, 0.1) is 17.8 Å². The fourth-order valence-electron chi connectivity index (χ4n) is 2.06. The standard InChI is InChI=1S/C17H18N2O2/c1-11-6-7-14(5-4-8-18)16(9-11)19-17(20)15-10-12(2)21-13(15)3/h6-7,9-10H,8,18H2,1-3H3,(H,19,20). The Labute approximate surface area is 124 Å². The van der Waals surface area contributed by atoms with Gasteiger partial charge in [-0.2, -0.15) is 0 Å². The minimum absolute atomic E-state index is 0.203. The fourth-order valence-corrected chi connectivity index (χ4v) is 2.06. The lowest BCUT2D eigenvalue weighted by molar-refractivity contribution is 0.102. The molecule has 0 saturated heterocycles. The van der Waals surface area contributed by atoms with Crippen molar-refractivity contribution in [1.82, 2.24) is 0 Å². The summed E-state index contributed by atoms with van der Waals surface area (Å²) in [6.07, 6.45) is 0. The lowest BCUT2D eigenvalue weighted by Gasteiger charge is -2.08. The molecule has 108 valence electrons. The number of hydrogen-bond donors (Lipinski definition) is 2. The molecular formula is C17H18N2O2. The van der Waals surface area contributed by atoms with Crippen LogP contribution < -0.4 is 11.1 Å². The van der Waals surface area contributed by atoms with Crippen LogP contribution in [-0.2, 0) is 0 Å². The number of nitrogens with one attached hydrogen (secondary N) is 1. The highest BCUT2D eigenvalue weighted by Gasteiger charge is 2.14. The molecule has 0 atom stereocenters. The van der Waals surface area contributed by atoms with Gasteiger partial charge in [0.1, 0.15) is 11.5 Å². The monoisotopic (exact) mass is 282 g/mol. The van der Waals surface area contributed by atoms with Gasteiger partial charge in [-0.25, -0.2) is 0 Å². The Morgan fingerprint density at radius 2 is 2.05 bits per heavy atom. The van der Waals surface area contributed by atoms with E-state index in [2.05, 4.69) is 17.2 Å². The first-order chi connectivity index (χ1) is 10.0. The van der Waals surface area contributed by atoms with Gasteiger partial charge in [-0.05, 0) is 44.5 Å². The fraction of sp³-hybridized carbons (Fsp3) is 0.235. The van der Waals surface area contributed by atoms with E-state index >= 15 is 0 Å². The SMILES string of the molecule is Cc1ccc(C#CCN)c(NC(=O)c2cc(C)oc2C)c1. The summed E-state index contributed by atoms with van der Waals surface area (Å²) in [4.78, 5) is 12.3. The largest absolute Gasteiger partial charge is 0.466 e. The molecular weight excluding hydrogens is 264 g/mol. The number of aryl methyl sites for hydroxylation is 3. The van der Waals surface area contributed by atoms with E-state index in [1.165, 1.54) is 0 Å². The summed E-state index contributed by atoms with van der Waals surface area (Å²) >= 11 is 0. The van der Waals surface area contributed by atoms with E-state index in [9.17, 15) is 4.79 Å². The van der Waals surface area contributed by atoms with Crippen LogP contribution in [0.1, 0.15) is 33.0 Å². The van der Waals surface area contributed by atoms with Crippen LogP contribution >= 0.6 is 0 Å². The Balaban J connectivity index is 2.32. The van der Waals surface area contributed by atoms with E-state index in [-0.39, 0.29) is 12.5 Å². The molecule has 1 aromatic carbocycles. The van der Waals surface area contributed by atoms with Crippen LogP contribution in [0, 0.1) is 32.6 Å². The van der Waals surface area contributed by atoms with E-state index in [1.54, 1.807) is 13.0 Å². The van der Waals surface area contributed by atoms with Gasteiger partial charge < -0.3 is 15.5 Å². The van der Waals surface area contributed by atoms with Gasteiger partial charge in [-0.1, -0.05) is 17.9 Å². The van der Waals surface area contributed by atoms with Crippen LogP contribution in [0.3, 0.4) is 0 Å². The van der Waals surface area contributed by atoms with Crippen LogP contribution in [0.2, 0.25) is 0 Å². The number of nitrogens with two attached hydrogens (primary N) is 1. The van der Waals surface area contributed by atoms with Crippen molar-refractivity contribution >= 4 is 11.6 Å². The maximum atomic E-state index is 12.3. The Morgan fingerprint density at radius 1 is 1.29 bits per heavy atom. The number of carbonyl (C=O) groups is 1. The molecule has 2 aromatic rings. The van der Waals surface area contributed by atoms with E-state index in [0.29, 0.717) is 22.8 Å². The Hall–Kier alpha value is -2.51. The molecule has 3 N–H and O–H groups in total. The van der Waals surface area contributed by atoms with Gasteiger partial charge in [0.15, 0.2) is 0 Å². The zero-order valence-electron chi connectivity index (χ0n) is 12.4. The first-order valence-electron chi connectivity index (χ1n) is 6.69. The second kappa shape index (κ2) is 6.29. The predicted octanol–water partition coefficient (Wildman–Crippen LogP) is 2.77. The molecule has 1 amide bonds. The molecule has 0 bridgehead atoms.